The van der Waals surface area contributed by atoms with Gasteiger partial charge in [0.15, 0.2) is 6.16 Å². The van der Waals surface area contributed by atoms with Gasteiger partial charge in [-0.2, -0.15) is 0 Å². The van der Waals surface area contributed by atoms with Crippen LogP contribution in [0.15, 0.2) is 0 Å². The van der Waals surface area contributed by atoms with Crippen molar-refractivity contribution in [2.24, 2.45) is 5.92 Å². The Morgan fingerprint density at radius 2 is 1.92 bits per heavy atom. The van der Waals surface area contributed by atoms with E-state index in [4.69, 9.17) is 10.2 Å². The zero-order chi connectivity index (χ0) is 9.56. The Hall–Kier alpha value is -0.960. The summed E-state index contributed by atoms with van der Waals surface area (Å²) in [7, 11) is -0.689. The van der Waals surface area contributed by atoms with Gasteiger partial charge in [0.1, 0.15) is 5.92 Å². The molecule has 0 aliphatic heterocycles. The van der Waals surface area contributed by atoms with Gasteiger partial charge >= 0.3 is 20.4 Å². The largest absolute Gasteiger partial charge is 0.481 e. The minimum Gasteiger partial charge on any atom is -0.481 e. The lowest BCUT2D eigenvalue weighted by atomic mass is 10.1. The lowest BCUT2D eigenvalue weighted by Gasteiger charge is -2.01. The van der Waals surface area contributed by atoms with Crippen LogP contribution in [0.5, 0.6) is 0 Å². The molecule has 0 rings (SSSR count). The van der Waals surface area contributed by atoms with Crippen LogP contribution >= 0.6 is 8.46 Å². The van der Waals surface area contributed by atoms with E-state index in [1.165, 1.54) is 0 Å². The van der Waals surface area contributed by atoms with Gasteiger partial charge in [0.25, 0.3) is 0 Å². The number of carboxylic acid groups (broad SMARTS) is 2. The number of hydrogen-bond donors (Lipinski definition) is 2. The molecule has 6 heteroatoms. The van der Waals surface area contributed by atoms with Gasteiger partial charge in [-0.05, 0) is 6.42 Å². The van der Waals surface area contributed by atoms with Crippen molar-refractivity contribution in [1.82, 2.24) is 0 Å². The average Bonchev–Trinajstić information content (AvgIpc) is 1.96. The van der Waals surface area contributed by atoms with Crippen LogP contribution in [-0.2, 0) is 14.2 Å². The topological polar surface area (TPSA) is 91.7 Å². The molecule has 0 bridgehead atoms. The Morgan fingerprint density at radius 3 is 2.25 bits per heavy atom. The highest BCUT2D eigenvalue weighted by atomic mass is 31.1. The van der Waals surface area contributed by atoms with Crippen LogP contribution in [0, 0.1) is 5.92 Å². The maximum absolute atomic E-state index is 10.4. The summed E-state index contributed by atoms with van der Waals surface area (Å²) in [6.45, 7) is 0. The van der Waals surface area contributed by atoms with Crippen molar-refractivity contribution in [1.29, 1.82) is 0 Å². The predicted octanol–water partition coefficient (Wildman–Crippen LogP) is 0.576. The zero-order valence-corrected chi connectivity index (χ0v) is 7.32. The van der Waals surface area contributed by atoms with Crippen LogP contribution in [0.1, 0.15) is 12.8 Å². The van der Waals surface area contributed by atoms with E-state index in [-0.39, 0.29) is 19.0 Å². The van der Waals surface area contributed by atoms with Crippen LogP contribution < -0.4 is 0 Å². The summed E-state index contributed by atoms with van der Waals surface area (Å²) in [4.78, 5) is 20.4. The average molecular weight is 193 g/mol. The van der Waals surface area contributed by atoms with Crippen molar-refractivity contribution in [3.8, 4) is 0 Å². The van der Waals surface area contributed by atoms with E-state index in [0.29, 0.717) is 0 Å². The molecule has 0 amide bonds. The molecule has 2 unspecified atom stereocenters. The molecule has 0 aliphatic carbocycles. The molecule has 0 aliphatic rings. The number of rotatable bonds is 6. The molecule has 68 valence electrons. The monoisotopic (exact) mass is 193 g/mol. The van der Waals surface area contributed by atoms with Crippen LogP contribution in [0.4, 0.5) is 0 Å². The predicted molar refractivity (Wildman–Crippen MR) is 41.9 cm³/mol. The molecule has 0 radical (unpaired) electrons. The highest BCUT2D eigenvalue weighted by Crippen LogP contribution is 2.12. The normalized spacial score (nSPS) is 12.7. The smallest absolute Gasteiger partial charge is 0.325 e. The second kappa shape index (κ2) is 5.66. The van der Waals surface area contributed by atoms with Crippen LogP contribution in [0.3, 0.4) is 0 Å². The molecule has 12 heavy (non-hydrogen) atoms. The van der Waals surface area contributed by atoms with Crippen molar-refractivity contribution in [2.45, 2.75) is 12.8 Å². The molecular formula is C6H10O5P+. The second-order valence-electron chi connectivity index (χ2n) is 2.32. The fourth-order valence-electron chi connectivity index (χ4n) is 0.711. The van der Waals surface area contributed by atoms with Gasteiger partial charge in [0.05, 0.1) is 0 Å². The van der Waals surface area contributed by atoms with E-state index >= 15 is 0 Å². The van der Waals surface area contributed by atoms with E-state index in [2.05, 4.69) is 0 Å². The second-order valence-corrected chi connectivity index (χ2v) is 3.01. The Morgan fingerprint density at radius 1 is 1.33 bits per heavy atom. The van der Waals surface area contributed by atoms with Gasteiger partial charge in [0, 0.05) is 6.42 Å². The molecular weight excluding hydrogens is 183 g/mol. The molecule has 0 aromatic carbocycles. The summed E-state index contributed by atoms with van der Waals surface area (Å²) >= 11 is 0. The van der Waals surface area contributed by atoms with Gasteiger partial charge in [-0.3, -0.25) is 9.59 Å². The Kier molecular flexibility index (Phi) is 5.21. The summed E-state index contributed by atoms with van der Waals surface area (Å²) in [5, 5.41) is 16.7. The van der Waals surface area contributed by atoms with E-state index in [9.17, 15) is 14.2 Å². The number of aliphatic carboxylic acids is 2. The molecule has 5 nitrogen and oxygen atoms in total. The van der Waals surface area contributed by atoms with E-state index in [1.54, 1.807) is 0 Å². The summed E-state index contributed by atoms with van der Waals surface area (Å²) in [5.41, 5.74) is 0. The first-order valence-electron chi connectivity index (χ1n) is 3.37. The van der Waals surface area contributed by atoms with Gasteiger partial charge in [-0.25, -0.2) is 0 Å². The SMILES string of the molecule is O=[PH+]CC(CCC(=O)O)C(=O)O. The Balaban J connectivity index is 3.86. The third-order valence-electron chi connectivity index (χ3n) is 1.39. The number of carboxylic acids is 2. The van der Waals surface area contributed by atoms with Crippen molar-refractivity contribution in [2.75, 3.05) is 6.16 Å². The molecule has 0 saturated heterocycles. The first-order chi connectivity index (χ1) is 5.57. The highest BCUT2D eigenvalue weighted by molar-refractivity contribution is 7.23. The first-order valence-corrected chi connectivity index (χ1v) is 4.49. The maximum Gasteiger partial charge on any atom is 0.325 e. The van der Waals surface area contributed by atoms with Crippen molar-refractivity contribution < 1.29 is 24.4 Å². The van der Waals surface area contributed by atoms with E-state index < -0.39 is 26.3 Å². The van der Waals surface area contributed by atoms with E-state index in [1.807, 2.05) is 0 Å². The molecule has 0 heterocycles. The molecule has 0 aromatic rings. The quantitative estimate of drug-likeness (QED) is 0.602. The van der Waals surface area contributed by atoms with Crippen molar-refractivity contribution in [3.63, 3.8) is 0 Å². The van der Waals surface area contributed by atoms with E-state index in [0.717, 1.165) is 0 Å². The van der Waals surface area contributed by atoms with Gasteiger partial charge < -0.3 is 10.2 Å². The summed E-state index contributed by atoms with van der Waals surface area (Å²) < 4.78 is 10.1. The van der Waals surface area contributed by atoms with Gasteiger partial charge in [-0.1, -0.05) is 4.57 Å². The van der Waals surface area contributed by atoms with Crippen LogP contribution in [-0.4, -0.2) is 28.3 Å². The Bertz CT molecular complexity index is 190. The molecule has 0 saturated carbocycles. The third kappa shape index (κ3) is 4.79. The first kappa shape index (κ1) is 11.0. The molecule has 2 N–H and O–H groups in total. The lowest BCUT2D eigenvalue weighted by molar-refractivity contribution is -0.142. The molecule has 0 aromatic heterocycles. The third-order valence-corrected chi connectivity index (χ3v) is 2.05. The standard InChI is InChI=1S/C6H9O5P/c7-5(8)2-1-4(3-12-11)6(9)10/h4H,1-3H2,(H,7,8)(H,9,10)/p+1. The summed E-state index contributed by atoms with van der Waals surface area (Å²) in [6.07, 6.45) is -0.121. The molecule has 0 fully saturated rings. The van der Waals surface area contributed by atoms with Crippen LogP contribution in [0.2, 0.25) is 0 Å². The summed E-state index contributed by atoms with van der Waals surface area (Å²) in [5.74, 6) is -2.91. The maximum atomic E-state index is 10.4. The van der Waals surface area contributed by atoms with Crippen molar-refractivity contribution >= 4 is 20.4 Å². The number of carbonyl (C=O) groups is 2. The van der Waals surface area contributed by atoms with Crippen LogP contribution in [0.25, 0.3) is 0 Å². The minimum absolute atomic E-state index is 0.0304. The lowest BCUT2D eigenvalue weighted by Crippen LogP contribution is -2.16. The Labute approximate surface area is 70.6 Å². The van der Waals surface area contributed by atoms with Crippen molar-refractivity contribution in [3.05, 3.63) is 0 Å². The zero-order valence-electron chi connectivity index (χ0n) is 6.32. The fourth-order valence-corrected chi connectivity index (χ4v) is 1.29. The molecule has 0 spiro atoms. The highest BCUT2D eigenvalue weighted by Gasteiger charge is 2.21. The van der Waals surface area contributed by atoms with Gasteiger partial charge in [0.2, 0.25) is 0 Å². The van der Waals surface area contributed by atoms with Gasteiger partial charge in [-0.15, -0.1) is 0 Å². The number of hydrogen-bond acceptors (Lipinski definition) is 3. The fraction of sp³-hybridized carbons (Fsp3) is 0.667. The molecule has 2 atom stereocenters. The minimum atomic E-state index is -1.08. The summed E-state index contributed by atoms with van der Waals surface area (Å²) in [6, 6.07) is 0.